The van der Waals surface area contributed by atoms with Crippen molar-refractivity contribution in [2.75, 3.05) is 6.61 Å². The minimum absolute atomic E-state index is 0.395. The summed E-state index contributed by atoms with van der Waals surface area (Å²) in [5.74, 6) is 0.692. The van der Waals surface area contributed by atoms with Crippen molar-refractivity contribution in [3.63, 3.8) is 0 Å². The lowest BCUT2D eigenvalue weighted by atomic mass is 10.1. The van der Waals surface area contributed by atoms with Gasteiger partial charge >= 0.3 is 0 Å². The number of hydrogen-bond acceptors (Lipinski definition) is 2. The summed E-state index contributed by atoms with van der Waals surface area (Å²) in [6.45, 7) is 7.78. The molecule has 1 heterocycles. The van der Waals surface area contributed by atoms with Gasteiger partial charge < -0.3 is 4.74 Å². The van der Waals surface area contributed by atoms with Crippen LogP contribution in [0.2, 0.25) is 10.0 Å². The zero-order chi connectivity index (χ0) is 13.8. The van der Waals surface area contributed by atoms with Crippen molar-refractivity contribution in [2.45, 2.75) is 6.42 Å². The van der Waals surface area contributed by atoms with E-state index in [-0.39, 0.29) is 0 Å². The Morgan fingerprint density at radius 3 is 2.58 bits per heavy atom. The van der Waals surface area contributed by atoms with Crippen LogP contribution in [-0.4, -0.2) is 11.6 Å². The molecule has 0 aliphatic rings. The van der Waals surface area contributed by atoms with E-state index in [0.29, 0.717) is 34.3 Å². The third kappa shape index (κ3) is 2.75. The van der Waals surface area contributed by atoms with Crippen molar-refractivity contribution < 1.29 is 4.74 Å². The van der Waals surface area contributed by atoms with Crippen LogP contribution in [0.1, 0.15) is 5.56 Å². The highest BCUT2D eigenvalue weighted by molar-refractivity contribution is 6.40. The molecule has 0 aliphatic carbocycles. The highest BCUT2D eigenvalue weighted by atomic mass is 35.5. The first-order valence-electron chi connectivity index (χ1n) is 5.79. The van der Waals surface area contributed by atoms with E-state index in [2.05, 4.69) is 18.1 Å². The standard InChI is InChI=1S/C15H13Cl2NO/c1-3-5-10-9-18-14-12(17)7-6-11(16)13(14)15(10)19-8-4-2/h3-4,6-7,9H,1-2,5,8H2. The molecule has 4 heteroatoms. The molecule has 0 saturated heterocycles. The molecule has 2 aromatic rings. The molecule has 0 amide bonds. The molecule has 2 rings (SSSR count). The second-order valence-electron chi connectivity index (χ2n) is 3.96. The fraction of sp³-hybridized carbons (Fsp3) is 0.133. The van der Waals surface area contributed by atoms with Gasteiger partial charge in [0.2, 0.25) is 0 Å². The number of fused-ring (bicyclic) bond motifs is 1. The molecular weight excluding hydrogens is 281 g/mol. The number of ether oxygens (including phenoxy) is 1. The van der Waals surface area contributed by atoms with E-state index in [4.69, 9.17) is 27.9 Å². The fourth-order valence-corrected chi connectivity index (χ4v) is 2.30. The van der Waals surface area contributed by atoms with Crippen molar-refractivity contribution >= 4 is 34.1 Å². The maximum atomic E-state index is 6.25. The third-order valence-electron chi connectivity index (χ3n) is 2.66. The Morgan fingerprint density at radius 2 is 1.89 bits per heavy atom. The number of pyridine rings is 1. The topological polar surface area (TPSA) is 22.1 Å². The van der Waals surface area contributed by atoms with Gasteiger partial charge in [-0.05, 0) is 18.6 Å². The third-order valence-corrected chi connectivity index (χ3v) is 3.28. The van der Waals surface area contributed by atoms with Crippen molar-refractivity contribution in [1.29, 1.82) is 0 Å². The number of halogens is 2. The monoisotopic (exact) mass is 293 g/mol. The smallest absolute Gasteiger partial charge is 0.135 e. The maximum Gasteiger partial charge on any atom is 0.135 e. The van der Waals surface area contributed by atoms with Gasteiger partial charge in [-0.15, -0.1) is 6.58 Å². The summed E-state index contributed by atoms with van der Waals surface area (Å²) >= 11 is 12.4. The van der Waals surface area contributed by atoms with Crippen LogP contribution < -0.4 is 4.74 Å². The number of nitrogens with zero attached hydrogens (tertiary/aromatic N) is 1. The van der Waals surface area contributed by atoms with Gasteiger partial charge in [0.25, 0.3) is 0 Å². The molecule has 2 nitrogen and oxygen atoms in total. The molecule has 1 aromatic heterocycles. The van der Waals surface area contributed by atoms with Crippen LogP contribution in [0.15, 0.2) is 43.6 Å². The Balaban J connectivity index is 2.73. The van der Waals surface area contributed by atoms with Gasteiger partial charge in [-0.25, -0.2) is 0 Å². The Morgan fingerprint density at radius 1 is 1.16 bits per heavy atom. The van der Waals surface area contributed by atoms with E-state index in [9.17, 15) is 0 Å². The van der Waals surface area contributed by atoms with Gasteiger partial charge in [0.05, 0.1) is 20.9 Å². The molecule has 0 spiro atoms. The van der Waals surface area contributed by atoms with Crippen molar-refractivity contribution in [2.24, 2.45) is 0 Å². The summed E-state index contributed by atoms with van der Waals surface area (Å²) in [7, 11) is 0. The number of rotatable bonds is 5. The van der Waals surface area contributed by atoms with Crippen molar-refractivity contribution in [1.82, 2.24) is 4.98 Å². The molecule has 1 aromatic carbocycles. The molecule has 0 aliphatic heterocycles. The second kappa shape index (κ2) is 6.09. The minimum Gasteiger partial charge on any atom is -0.488 e. The molecule has 19 heavy (non-hydrogen) atoms. The number of hydrogen-bond donors (Lipinski definition) is 0. The molecule has 0 unspecified atom stereocenters. The summed E-state index contributed by atoms with van der Waals surface area (Å²) in [5.41, 5.74) is 1.56. The van der Waals surface area contributed by atoms with Crippen molar-refractivity contribution in [3.8, 4) is 5.75 Å². The van der Waals surface area contributed by atoms with Crippen LogP contribution in [0, 0.1) is 0 Å². The summed E-state index contributed by atoms with van der Waals surface area (Å²) in [6, 6.07) is 3.47. The van der Waals surface area contributed by atoms with Gasteiger partial charge in [0.1, 0.15) is 12.4 Å². The van der Waals surface area contributed by atoms with E-state index in [1.54, 1.807) is 30.5 Å². The first kappa shape index (κ1) is 13.9. The molecule has 0 N–H and O–H groups in total. The largest absolute Gasteiger partial charge is 0.488 e. The molecular formula is C15H13Cl2NO. The van der Waals surface area contributed by atoms with Crippen LogP contribution in [0.25, 0.3) is 10.9 Å². The lowest BCUT2D eigenvalue weighted by molar-refractivity contribution is 0.364. The quantitative estimate of drug-likeness (QED) is 0.736. The van der Waals surface area contributed by atoms with E-state index in [1.165, 1.54) is 0 Å². The summed E-state index contributed by atoms with van der Waals surface area (Å²) in [4.78, 5) is 4.36. The van der Waals surface area contributed by atoms with E-state index in [1.807, 2.05) is 0 Å². The number of aromatic nitrogens is 1. The molecule has 0 atom stereocenters. The van der Waals surface area contributed by atoms with Gasteiger partial charge in [-0.3, -0.25) is 4.98 Å². The average Bonchev–Trinajstić information content (AvgIpc) is 2.41. The minimum atomic E-state index is 0.395. The van der Waals surface area contributed by atoms with Crippen LogP contribution in [0.4, 0.5) is 0 Å². The predicted octanol–water partition coefficient (Wildman–Crippen LogP) is 4.83. The lowest BCUT2D eigenvalue weighted by Gasteiger charge is -2.13. The maximum absolute atomic E-state index is 6.25. The summed E-state index contributed by atoms with van der Waals surface area (Å²) in [5, 5.41) is 1.85. The first-order valence-corrected chi connectivity index (χ1v) is 6.54. The number of benzene rings is 1. The highest BCUT2D eigenvalue weighted by Gasteiger charge is 2.14. The Labute approximate surface area is 122 Å². The van der Waals surface area contributed by atoms with E-state index < -0.39 is 0 Å². The lowest BCUT2D eigenvalue weighted by Crippen LogP contribution is -2.00. The van der Waals surface area contributed by atoms with E-state index in [0.717, 1.165) is 10.9 Å². The van der Waals surface area contributed by atoms with Gasteiger partial charge in [-0.1, -0.05) is 41.9 Å². The summed E-state index contributed by atoms with van der Waals surface area (Å²) < 4.78 is 5.74. The summed E-state index contributed by atoms with van der Waals surface area (Å²) in [6.07, 6.45) is 5.87. The Kier molecular flexibility index (Phi) is 4.46. The molecule has 0 radical (unpaired) electrons. The van der Waals surface area contributed by atoms with Gasteiger partial charge in [0, 0.05) is 11.8 Å². The van der Waals surface area contributed by atoms with Crippen LogP contribution in [0.5, 0.6) is 5.75 Å². The first-order chi connectivity index (χ1) is 9.19. The molecule has 0 bridgehead atoms. The van der Waals surface area contributed by atoms with Gasteiger partial charge in [0.15, 0.2) is 0 Å². The SMILES string of the molecule is C=CCOc1c(CC=C)cnc2c(Cl)ccc(Cl)c12. The van der Waals surface area contributed by atoms with Gasteiger partial charge in [-0.2, -0.15) is 0 Å². The normalized spacial score (nSPS) is 10.4. The second-order valence-corrected chi connectivity index (χ2v) is 4.77. The van der Waals surface area contributed by atoms with Crippen molar-refractivity contribution in [3.05, 3.63) is 59.2 Å². The molecule has 0 fully saturated rings. The van der Waals surface area contributed by atoms with Crippen LogP contribution in [-0.2, 0) is 6.42 Å². The average molecular weight is 294 g/mol. The fourth-order valence-electron chi connectivity index (χ4n) is 1.85. The van der Waals surface area contributed by atoms with Crippen LogP contribution in [0.3, 0.4) is 0 Å². The predicted molar refractivity (Wildman–Crippen MR) is 81.4 cm³/mol. The molecule has 98 valence electrons. The zero-order valence-electron chi connectivity index (χ0n) is 10.3. The van der Waals surface area contributed by atoms with E-state index >= 15 is 0 Å². The Hall–Kier alpha value is -1.51. The zero-order valence-corrected chi connectivity index (χ0v) is 11.8. The highest BCUT2D eigenvalue weighted by Crippen LogP contribution is 2.37. The Bertz CT molecular complexity index is 638. The number of allylic oxidation sites excluding steroid dienone is 1. The molecule has 0 saturated carbocycles. The van der Waals surface area contributed by atoms with Crippen LogP contribution >= 0.6 is 23.2 Å².